The van der Waals surface area contributed by atoms with E-state index in [9.17, 15) is 61.0 Å². The molecule has 20 heteroatoms. The van der Waals surface area contributed by atoms with Crippen molar-refractivity contribution in [2.45, 2.75) is 144 Å². The molecule has 1 amide bonds. The summed E-state index contributed by atoms with van der Waals surface area (Å²) in [5.74, 6) is -0.685. The van der Waals surface area contributed by atoms with Crippen LogP contribution in [0.1, 0.15) is 20.8 Å². The van der Waals surface area contributed by atoms with Crippen molar-refractivity contribution in [2.75, 3.05) is 13.2 Å². The maximum atomic E-state index is 12.1. The first-order valence-electron chi connectivity index (χ1n) is 14.8. The third kappa shape index (κ3) is 7.64. The molecule has 0 aromatic heterocycles. The molecule has 20 atom stereocenters. The average molecular weight is 676 g/mol. The summed E-state index contributed by atoms with van der Waals surface area (Å²) >= 11 is 0. The minimum absolute atomic E-state index is 0.685. The Labute approximate surface area is 262 Å². The number of rotatable bonds is 9. The molecule has 46 heavy (non-hydrogen) atoms. The quantitative estimate of drug-likeness (QED) is 0.108. The molecule has 4 saturated heterocycles. The van der Waals surface area contributed by atoms with Gasteiger partial charge in [-0.15, -0.1) is 0 Å². The first-order chi connectivity index (χ1) is 21.6. The van der Waals surface area contributed by atoms with E-state index in [1.807, 2.05) is 0 Å². The second-order valence-corrected chi connectivity index (χ2v) is 11.8. The lowest BCUT2D eigenvalue weighted by molar-refractivity contribution is -0.384. The van der Waals surface area contributed by atoms with Gasteiger partial charge in [0.1, 0.15) is 85.4 Å². The van der Waals surface area contributed by atoms with Crippen molar-refractivity contribution in [3.8, 4) is 0 Å². The fourth-order valence-corrected chi connectivity index (χ4v) is 5.82. The van der Waals surface area contributed by atoms with Crippen molar-refractivity contribution >= 4 is 5.91 Å². The molecule has 1 unspecified atom stereocenters. The smallest absolute Gasteiger partial charge is 0.217 e. The monoisotopic (exact) mass is 675 g/mol. The molecule has 0 aromatic rings. The van der Waals surface area contributed by atoms with Crippen molar-refractivity contribution in [1.82, 2.24) is 5.32 Å². The second kappa shape index (κ2) is 15.5. The summed E-state index contributed by atoms with van der Waals surface area (Å²) in [6, 6.07) is -1.49. The molecule has 268 valence electrons. The van der Waals surface area contributed by atoms with Gasteiger partial charge in [-0.2, -0.15) is 0 Å². The largest absolute Gasteiger partial charge is 0.394 e. The van der Waals surface area contributed by atoms with Gasteiger partial charge in [0.2, 0.25) is 5.91 Å². The van der Waals surface area contributed by atoms with Gasteiger partial charge in [0.25, 0.3) is 0 Å². The molecule has 4 fully saturated rings. The lowest BCUT2D eigenvalue weighted by atomic mass is 9.94. The van der Waals surface area contributed by atoms with Crippen LogP contribution in [0.5, 0.6) is 0 Å². The predicted octanol–water partition coefficient (Wildman–Crippen LogP) is -7.55. The Balaban J connectivity index is 1.63. The molecule has 0 aliphatic carbocycles. The molecule has 0 bridgehead atoms. The van der Waals surface area contributed by atoms with Crippen LogP contribution in [0.25, 0.3) is 0 Å². The highest BCUT2D eigenvalue weighted by atomic mass is 16.8. The maximum Gasteiger partial charge on any atom is 0.217 e. The number of aliphatic hydroxyl groups excluding tert-OH is 11. The molecule has 12 N–H and O–H groups in total. The van der Waals surface area contributed by atoms with E-state index in [2.05, 4.69) is 5.32 Å². The molecular formula is C26H45NO19. The Hall–Kier alpha value is -1.25. The van der Waals surface area contributed by atoms with Gasteiger partial charge in [0.15, 0.2) is 25.2 Å². The van der Waals surface area contributed by atoms with Crippen LogP contribution in [0.15, 0.2) is 0 Å². The highest BCUT2D eigenvalue weighted by molar-refractivity contribution is 5.73. The molecule has 4 aliphatic rings. The Morgan fingerprint density at radius 2 is 1.02 bits per heavy atom. The topological polar surface area (TPSA) is 316 Å². The summed E-state index contributed by atoms with van der Waals surface area (Å²) < 4.78 is 39.4. The molecule has 20 nitrogen and oxygen atoms in total. The summed E-state index contributed by atoms with van der Waals surface area (Å²) in [6.07, 6.45) is -31.0. The van der Waals surface area contributed by atoms with Gasteiger partial charge in [-0.25, -0.2) is 0 Å². The van der Waals surface area contributed by atoms with Crippen molar-refractivity contribution in [2.24, 2.45) is 0 Å². The SMILES string of the molecule is CC(=O)N[C@H]1C(O)O[C@H](CO)[C@@H](O[C@@H]2O[C@H](CO)[C@H](O)[C@H](O[C@@H]3O[C@@H](C)[C@@H](O)[C@@H](O)[C@@H]3O)[C@H]2O)[C@@H]1O[C@@H]1O[C@@H](C)[C@@H](O)[C@@H](O)[C@@H]1O. The van der Waals surface area contributed by atoms with Crippen molar-refractivity contribution in [3.05, 3.63) is 0 Å². The van der Waals surface area contributed by atoms with Crippen molar-refractivity contribution in [1.29, 1.82) is 0 Å². The lowest BCUT2D eigenvalue weighted by Gasteiger charge is -2.50. The number of ether oxygens (including phenoxy) is 7. The van der Waals surface area contributed by atoms with E-state index in [4.69, 9.17) is 33.2 Å². The van der Waals surface area contributed by atoms with Crippen LogP contribution in [0.3, 0.4) is 0 Å². The second-order valence-electron chi connectivity index (χ2n) is 11.8. The maximum absolute atomic E-state index is 12.1. The summed E-state index contributed by atoms with van der Waals surface area (Å²) in [5, 5.41) is 117. The fraction of sp³-hybridized carbons (Fsp3) is 0.962. The van der Waals surface area contributed by atoms with Gasteiger partial charge >= 0.3 is 0 Å². The number of nitrogens with one attached hydrogen (secondary N) is 1. The first kappa shape index (κ1) is 37.6. The molecule has 0 spiro atoms. The van der Waals surface area contributed by atoms with Gasteiger partial charge < -0.3 is 94.6 Å². The minimum atomic E-state index is -1.97. The Bertz CT molecular complexity index is 997. The van der Waals surface area contributed by atoms with Gasteiger partial charge in [0, 0.05) is 6.92 Å². The predicted molar refractivity (Wildman–Crippen MR) is 143 cm³/mol. The van der Waals surface area contributed by atoms with Gasteiger partial charge in [-0.1, -0.05) is 0 Å². The zero-order valence-electron chi connectivity index (χ0n) is 25.1. The Kier molecular flexibility index (Phi) is 12.7. The zero-order chi connectivity index (χ0) is 34.2. The van der Waals surface area contributed by atoms with E-state index < -0.39 is 142 Å². The Morgan fingerprint density at radius 1 is 0.565 bits per heavy atom. The van der Waals surface area contributed by atoms with E-state index in [1.54, 1.807) is 0 Å². The van der Waals surface area contributed by atoms with Crippen LogP contribution < -0.4 is 5.32 Å². The van der Waals surface area contributed by atoms with E-state index in [0.717, 1.165) is 6.92 Å². The third-order valence-corrected chi connectivity index (χ3v) is 8.53. The number of hydrogen-bond donors (Lipinski definition) is 12. The van der Waals surface area contributed by atoms with Crippen molar-refractivity contribution in [3.63, 3.8) is 0 Å². The number of carbonyl (C=O) groups excluding carboxylic acids is 1. The zero-order valence-corrected chi connectivity index (χ0v) is 25.1. The van der Waals surface area contributed by atoms with Crippen LogP contribution in [0.2, 0.25) is 0 Å². The summed E-state index contributed by atoms with van der Waals surface area (Å²) in [4.78, 5) is 12.1. The number of carbonyl (C=O) groups is 1. The van der Waals surface area contributed by atoms with Gasteiger partial charge in [0.05, 0.1) is 25.4 Å². The molecule has 4 rings (SSSR count). The molecule has 0 radical (unpaired) electrons. The molecule has 0 aromatic carbocycles. The molecule has 4 aliphatic heterocycles. The fourth-order valence-electron chi connectivity index (χ4n) is 5.82. The normalized spacial score (nSPS) is 51.9. The third-order valence-electron chi connectivity index (χ3n) is 8.53. The molecule has 4 heterocycles. The van der Waals surface area contributed by atoms with E-state index in [0.29, 0.717) is 0 Å². The van der Waals surface area contributed by atoms with Crippen molar-refractivity contribution < 1.29 is 94.1 Å². The Morgan fingerprint density at radius 3 is 1.50 bits per heavy atom. The van der Waals surface area contributed by atoms with E-state index in [-0.39, 0.29) is 0 Å². The van der Waals surface area contributed by atoms with Crippen LogP contribution >= 0.6 is 0 Å². The summed E-state index contributed by atoms with van der Waals surface area (Å²) in [7, 11) is 0. The first-order valence-corrected chi connectivity index (χ1v) is 14.8. The van der Waals surface area contributed by atoms with E-state index in [1.165, 1.54) is 13.8 Å². The van der Waals surface area contributed by atoms with E-state index >= 15 is 0 Å². The van der Waals surface area contributed by atoms with Gasteiger partial charge in [-0.3, -0.25) is 4.79 Å². The van der Waals surface area contributed by atoms with Crippen LogP contribution in [0, 0.1) is 0 Å². The minimum Gasteiger partial charge on any atom is -0.394 e. The highest BCUT2D eigenvalue weighted by Crippen LogP contribution is 2.34. The molecular weight excluding hydrogens is 630 g/mol. The number of hydrogen-bond acceptors (Lipinski definition) is 19. The summed E-state index contributed by atoms with van der Waals surface area (Å²) in [5.41, 5.74) is 0. The van der Waals surface area contributed by atoms with Gasteiger partial charge in [-0.05, 0) is 13.8 Å². The van der Waals surface area contributed by atoms with Crippen LogP contribution in [0.4, 0.5) is 0 Å². The molecule has 0 saturated carbocycles. The average Bonchev–Trinajstić information content (AvgIpc) is 3.01. The highest BCUT2D eigenvalue weighted by Gasteiger charge is 2.55. The summed E-state index contributed by atoms with van der Waals surface area (Å²) in [6.45, 7) is 2.16. The van der Waals surface area contributed by atoms with Crippen LogP contribution in [-0.2, 0) is 38.0 Å². The number of amides is 1. The number of aliphatic hydroxyl groups is 11. The standard InChI is InChI=1S/C26H45NO19/c1-6-12(31)15(34)17(36)24(40-6)45-21-11(27-8(3)30)23(39)42-10(5-29)20(21)44-26-19(38)22(14(33)9(4-28)43-26)46-25-18(37)16(35)13(32)7(2)41-25/h6-7,9-26,28-29,31-39H,4-5H2,1-3H3,(H,27,30)/t6-,7-,9+,10+,11+,12+,13+,14-,15+,16+,17-,18-,19+,20+,21+,22-,23?,24-,25-,26-/m0/s1. The lowest BCUT2D eigenvalue weighted by Crippen LogP contribution is -2.69. The van der Waals surface area contributed by atoms with Crippen LogP contribution in [-0.4, -0.2) is 198 Å².